The van der Waals surface area contributed by atoms with Crippen molar-refractivity contribution in [3.05, 3.63) is 29.8 Å². The summed E-state index contributed by atoms with van der Waals surface area (Å²) < 4.78 is 30.5. The van der Waals surface area contributed by atoms with Gasteiger partial charge in [-0.15, -0.1) is 0 Å². The fraction of sp³-hybridized carbons (Fsp3) is 0.571. The van der Waals surface area contributed by atoms with E-state index in [1.54, 1.807) is 0 Å². The second kappa shape index (κ2) is 6.11. The van der Waals surface area contributed by atoms with E-state index in [2.05, 4.69) is 22.6 Å². The number of nitrogens with one attached hydrogen (secondary N) is 1. The SMILES string of the molecule is C[C@H]([C@H]1Cc2ccccc2O1)N(C)CCNS(C)(=O)=O. The predicted octanol–water partition coefficient (Wildman–Crippen LogP) is 0.860. The van der Waals surface area contributed by atoms with Crippen LogP contribution in [0, 0.1) is 0 Å². The van der Waals surface area contributed by atoms with Crippen molar-refractivity contribution < 1.29 is 13.2 Å². The van der Waals surface area contributed by atoms with Gasteiger partial charge in [-0.2, -0.15) is 0 Å². The van der Waals surface area contributed by atoms with Crippen LogP contribution in [0.3, 0.4) is 0 Å². The molecule has 0 aromatic heterocycles. The molecule has 0 saturated heterocycles. The van der Waals surface area contributed by atoms with E-state index < -0.39 is 10.0 Å². The van der Waals surface area contributed by atoms with Crippen LogP contribution in [0.1, 0.15) is 12.5 Å². The van der Waals surface area contributed by atoms with Crippen LogP contribution in [0.2, 0.25) is 0 Å². The Balaban J connectivity index is 1.85. The molecule has 0 aliphatic carbocycles. The molecule has 1 aliphatic heterocycles. The molecule has 0 spiro atoms. The minimum absolute atomic E-state index is 0.121. The van der Waals surface area contributed by atoms with E-state index in [1.807, 2.05) is 25.2 Å². The van der Waals surface area contributed by atoms with E-state index in [0.717, 1.165) is 12.2 Å². The fourth-order valence-corrected chi connectivity index (χ4v) is 2.83. The van der Waals surface area contributed by atoms with Crippen molar-refractivity contribution in [3.63, 3.8) is 0 Å². The molecule has 1 aromatic rings. The summed E-state index contributed by atoms with van der Waals surface area (Å²) in [6.45, 7) is 3.18. The number of sulfonamides is 1. The van der Waals surface area contributed by atoms with Crippen LogP contribution in [-0.2, 0) is 16.4 Å². The summed E-state index contributed by atoms with van der Waals surface area (Å²) in [6, 6.07) is 8.31. The Labute approximate surface area is 121 Å². The summed E-state index contributed by atoms with van der Waals surface area (Å²) in [5.74, 6) is 0.965. The second-order valence-electron chi connectivity index (χ2n) is 5.36. The Morgan fingerprint density at radius 1 is 1.45 bits per heavy atom. The summed E-state index contributed by atoms with van der Waals surface area (Å²) in [5.41, 5.74) is 1.24. The Kier molecular flexibility index (Phi) is 4.67. The van der Waals surface area contributed by atoms with Crippen LogP contribution in [0.5, 0.6) is 5.75 Å². The van der Waals surface area contributed by atoms with Gasteiger partial charge in [0.1, 0.15) is 11.9 Å². The van der Waals surface area contributed by atoms with Crippen LogP contribution in [0.25, 0.3) is 0 Å². The van der Waals surface area contributed by atoms with Crippen LogP contribution in [0.4, 0.5) is 0 Å². The molecule has 112 valence electrons. The lowest BCUT2D eigenvalue weighted by atomic mass is 10.0. The van der Waals surface area contributed by atoms with Crippen molar-refractivity contribution >= 4 is 10.0 Å². The van der Waals surface area contributed by atoms with Gasteiger partial charge in [0.15, 0.2) is 0 Å². The number of hydrogen-bond donors (Lipinski definition) is 1. The Bertz CT molecular complexity index is 534. The number of hydrogen-bond acceptors (Lipinski definition) is 4. The quantitative estimate of drug-likeness (QED) is 0.846. The van der Waals surface area contributed by atoms with E-state index in [0.29, 0.717) is 13.1 Å². The summed E-state index contributed by atoms with van der Waals surface area (Å²) in [4.78, 5) is 2.12. The number of likely N-dealkylation sites (N-methyl/N-ethyl adjacent to an activating group) is 1. The van der Waals surface area contributed by atoms with E-state index in [9.17, 15) is 8.42 Å². The average molecular weight is 298 g/mol. The van der Waals surface area contributed by atoms with Crippen molar-refractivity contribution in [2.45, 2.75) is 25.5 Å². The third kappa shape index (κ3) is 3.94. The molecule has 20 heavy (non-hydrogen) atoms. The highest BCUT2D eigenvalue weighted by atomic mass is 32.2. The molecule has 1 N–H and O–H groups in total. The molecule has 0 unspecified atom stereocenters. The smallest absolute Gasteiger partial charge is 0.208 e. The summed E-state index contributed by atoms with van der Waals surface area (Å²) in [6.07, 6.45) is 2.20. The van der Waals surface area contributed by atoms with Gasteiger partial charge in [0.2, 0.25) is 10.0 Å². The van der Waals surface area contributed by atoms with Crippen LogP contribution >= 0.6 is 0 Å². The molecule has 0 fully saturated rings. The Morgan fingerprint density at radius 3 is 2.80 bits per heavy atom. The molecule has 0 bridgehead atoms. The van der Waals surface area contributed by atoms with Gasteiger partial charge in [-0.3, -0.25) is 4.90 Å². The Morgan fingerprint density at radius 2 is 2.15 bits per heavy atom. The molecule has 0 amide bonds. The van der Waals surface area contributed by atoms with Crippen LogP contribution in [-0.4, -0.2) is 51.9 Å². The second-order valence-corrected chi connectivity index (χ2v) is 7.19. The van der Waals surface area contributed by atoms with E-state index in [4.69, 9.17) is 4.74 Å². The highest BCUT2D eigenvalue weighted by Crippen LogP contribution is 2.30. The minimum atomic E-state index is -3.12. The van der Waals surface area contributed by atoms with E-state index in [1.165, 1.54) is 11.8 Å². The van der Waals surface area contributed by atoms with Crippen molar-refractivity contribution in [2.24, 2.45) is 0 Å². The Hall–Kier alpha value is -1.11. The largest absolute Gasteiger partial charge is 0.488 e. The lowest BCUT2D eigenvalue weighted by Crippen LogP contribution is -2.44. The molecular formula is C14H22N2O3S. The van der Waals surface area contributed by atoms with Gasteiger partial charge in [-0.05, 0) is 25.6 Å². The third-order valence-corrected chi connectivity index (χ3v) is 4.46. The molecule has 1 aliphatic rings. The first kappa shape index (κ1) is 15.3. The first-order valence-electron chi connectivity index (χ1n) is 6.76. The maximum Gasteiger partial charge on any atom is 0.208 e. The summed E-state index contributed by atoms with van der Waals surface area (Å²) >= 11 is 0. The van der Waals surface area contributed by atoms with Crippen molar-refractivity contribution in [3.8, 4) is 5.75 Å². The van der Waals surface area contributed by atoms with Gasteiger partial charge in [0.25, 0.3) is 0 Å². The number of para-hydroxylation sites is 1. The molecule has 2 rings (SSSR count). The maximum atomic E-state index is 11.0. The summed E-state index contributed by atoms with van der Waals surface area (Å²) in [5, 5.41) is 0. The minimum Gasteiger partial charge on any atom is -0.488 e. The van der Waals surface area contributed by atoms with Crippen molar-refractivity contribution in [1.82, 2.24) is 9.62 Å². The standard InChI is InChI=1S/C14H22N2O3S/c1-11(16(2)9-8-15-20(3,17)18)14-10-12-6-4-5-7-13(12)19-14/h4-7,11,14-15H,8-10H2,1-3H3/t11-,14-/m1/s1. The number of ether oxygens (including phenoxy) is 1. The first-order valence-corrected chi connectivity index (χ1v) is 8.65. The highest BCUT2D eigenvalue weighted by Gasteiger charge is 2.29. The van der Waals surface area contributed by atoms with Gasteiger partial charge >= 0.3 is 0 Å². The van der Waals surface area contributed by atoms with Gasteiger partial charge in [-0.1, -0.05) is 18.2 Å². The lowest BCUT2D eigenvalue weighted by molar-refractivity contribution is 0.111. The maximum absolute atomic E-state index is 11.0. The molecule has 1 heterocycles. The average Bonchev–Trinajstić information content (AvgIpc) is 2.79. The van der Waals surface area contributed by atoms with Crippen molar-refractivity contribution in [1.29, 1.82) is 0 Å². The monoisotopic (exact) mass is 298 g/mol. The molecule has 6 heteroatoms. The zero-order valence-corrected chi connectivity index (χ0v) is 13.0. The van der Waals surface area contributed by atoms with Crippen LogP contribution < -0.4 is 9.46 Å². The van der Waals surface area contributed by atoms with Crippen molar-refractivity contribution in [2.75, 3.05) is 26.4 Å². The first-order chi connectivity index (χ1) is 9.37. The topological polar surface area (TPSA) is 58.6 Å². The molecule has 0 radical (unpaired) electrons. The van der Waals surface area contributed by atoms with E-state index >= 15 is 0 Å². The third-order valence-electron chi connectivity index (χ3n) is 3.73. The normalized spacial score (nSPS) is 19.7. The molecule has 1 aromatic carbocycles. The van der Waals surface area contributed by atoms with Gasteiger partial charge in [-0.25, -0.2) is 13.1 Å². The number of benzene rings is 1. The predicted molar refractivity (Wildman–Crippen MR) is 79.5 cm³/mol. The molecular weight excluding hydrogens is 276 g/mol. The zero-order chi connectivity index (χ0) is 14.8. The molecule has 2 atom stereocenters. The number of fused-ring (bicyclic) bond motifs is 1. The van der Waals surface area contributed by atoms with Gasteiger partial charge in [0.05, 0.1) is 6.26 Å². The van der Waals surface area contributed by atoms with Gasteiger partial charge < -0.3 is 4.74 Å². The zero-order valence-electron chi connectivity index (χ0n) is 12.2. The number of rotatable bonds is 6. The molecule has 0 saturated carbocycles. The fourth-order valence-electron chi connectivity index (χ4n) is 2.37. The van der Waals surface area contributed by atoms with E-state index in [-0.39, 0.29) is 12.1 Å². The number of nitrogens with zero attached hydrogens (tertiary/aromatic N) is 1. The lowest BCUT2D eigenvalue weighted by Gasteiger charge is -2.29. The highest BCUT2D eigenvalue weighted by molar-refractivity contribution is 7.88. The van der Waals surface area contributed by atoms with Gasteiger partial charge in [0, 0.05) is 25.6 Å². The van der Waals surface area contributed by atoms with Crippen LogP contribution in [0.15, 0.2) is 24.3 Å². The summed E-state index contributed by atoms with van der Waals surface area (Å²) in [7, 11) is -1.13. The molecule has 5 nitrogen and oxygen atoms in total.